The van der Waals surface area contributed by atoms with Crippen molar-refractivity contribution in [1.29, 1.82) is 0 Å². The fourth-order valence-electron chi connectivity index (χ4n) is 1.42. The molecule has 7 heteroatoms. The first kappa shape index (κ1) is 14.8. The smallest absolute Gasteiger partial charge is 0.391 e. The summed E-state index contributed by atoms with van der Waals surface area (Å²) >= 11 is 3.16. The Labute approximate surface area is 111 Å². The van der Waals surface area contributed by atoms with Crippen LogP contribution < -0.4 is 11.1 Å². The molecule has 1 atom stereocenters. The maximum atomic E-state index is 12.1. The average molecular weight is 325 g/mol. The minimum atomic E-state index is -4.31. The summed E-state index contributed by atoms with van der Waals surface area (Å²) in [6.45, 7) is 1.29. The van der Waals surface area contributed by atoms with Gasteiger partial charge >= 0.3 is 6.18 Å². The lowest BCUT2D eigenvalue weighted by Crippen LogP contribution is -2.36. The van der Waals surface area contributed by atoms with Crippen LogP contribution in [0.1, 0.15) is 23.7 Å². The van der Waals surface area contributed by atoms with Gasteiger partial charge in [0.15, 0.2) is 0 Å². The molecule has 0 aliphatic carbocycles. The van der Waals surface area contributed by atoms with E-state index in [1.165, 1.54) is 19.1 Å². The summed E-state index contributed by atoms with van der Waals surface area (Å²) in [5, 5.41) is 2.26. The van der Waals surface area contributed by atoms with Gasteiger partial charge in [0, 0.05) is 16.2 Å². The van der Waals surface area contributed by atoms with Gasteiger partial charge in [0.05, 0.1) is 12.0 Å². The number of nitrogens with two attached hydrogens (primary N) is 1. The van der Waals surface area contributed by atoms with E-state index < -0.39 is 24.5 Å². The Balaban J connectivity index is 2.74. The first-order valence-electron chi connectivity index (χ1n) is 5.11. The van der Waals surface area contributed by atoms with Crippen molar-refractivity contribution in [3.63, 3.8) is 0 Å². The van der Waals surface area contributed by atoms with Crippen molar-refractivity contribution < 1.29 is 18.0 Å². The molecule has 0 aliphatic heterocycles. The van der Waals surface area contributed by atoms with Gasteiger partial charge in [0.2, 0.25) is 0 Å². The largest absolute Gasteiger partial charge is 0.398 e. The van der Waals surface area contributed by atoms with Crippen LogP contribution in [0, 0.1) is 0 Å². The van der Waals surface area contributed by atoms with E-state index in [-0.39, 0.29) is 11.3 Å². The van der Waals surface area contributed by atoms with E-state index in [2.05, 4.69) is 21.2 Å². The van der Waals surface area contributed by atoms with Gasteiger partial charge in [-0.2, -0.15) is 13.2 Å². The van der Waals surface area contributed by atoms with Crippen LogP contribution in [-0.4, -0.2) is 18.1 Å². The van der Waals surface area contributed by atoms with Crippen molar-refractivity contribution in [3.8, 4) is 0 Å². The average Bonchev–Trinajstić information content (AvgIpc) is 2.18. The highest BCUT2D eigenvalue weighted by Crippen LogP contribution is 2.22. The molecule has 100 valence electrons. The van der Waals surface area contributed by atoms with E-state index in [1.807, 2.05) is 0 Å². The zero-order chi connectivity index (χ0) is 13.9. The second-order valence-electron chi connectivity index (χ2n) is 3.93. The van der Waals surface area contributed by atoms with Gasteiger partial charge in [-0.3, -0.25) is 4.79 Å². The Hall–Kier alpha value is -1.24. The zero-order valence-corrected chi connectivity index (χ0v) is 11.1. The van der Waals surface area contributed by atoms with Gasteiger partial charge in [-0.1, -0.05) is 15.9 Å². The molecule has 0 fully saturated rings. The minimum absolute atomic E-state index is 0.151. The van der Waals surface area contributed by atoms with E-state index in [0.717, 1.165) is 0 Å². The molecule has 1 aromatic carbocycles. The molecular formula is C11H12BrF3N2O. The van der Waals surface area contributed by atoms with E-state index in [9.17, 15) is 18.0 Å². The third-order valence-corrected chi connectivity index (χ3v) is 2.67. The Morgan fingerprint density at radius 2 is 2.11 bits per heavy atom. The number of hydrogen-bond donors (Lipinski definition) is 2. The molecule has 0 radical (unpaired) electrons. The van der Waals surface area contributed by atoms with Crippen molar-refractivity contribution in [1.82, 2.24) is 5.32 Å². The van der Waals surface area contributed by atoms with Gasteiger partial charge in [0.25, 0.3) is 5.91 Å². The fourth-order valence-corrected chi connectivity index (χ4v) is 1.79. The lowest BCUT2D eigenvalue weighted by molar-refractivity contribution is -0.138. The quantitative estimate of drug-likeness (QED) is 0.839. The second-order valence-corrected chi connectivity index (χ2v) is 4.84. The van der Waals surface area contributed by atoms with Crippen LogP contribution in [0.25, 0.3) is 0 Å². The third-order valence-electron chi connectivity index (χ3n) is 2.18. The van der Waals surface area contributed by atoms with Gasteiger partial charge in [-0.15, -0.1) is 0 Å². The lowest BCUT2D eigenvalue weighted by atomic mass is 10.1. The van der Waals surface area contributed by atoms with Crippen molar-refractivity contribution >= 4 is 27.5 Å². The van der Waals surface area contributed by atoms with Crippen molar-refractivity contribution in [2.75, 3.05) is 5.73 Å². The lowest BCUT2D eigenvalue weighted by Gasteiger charge is -2.16. The minimum Gasteiger partial charge on any atom is -0.398 e. The molecule has 3 nitrogen and oxygen atoms in total. The SMILES string of the molecule is CC(CC(F)(F)F)NC(=O)c1cc(Br)ccc1N. The Bertz CT molecular complexity index is 448. The number of benzene rings is 1. The molecule has 3 N–H and O–H groups in total. The molecule has 18 heavy (non-hydrogen) atoms. The molecule has 0 saturated heterocycles. The number of amides is 1. The van der Waals surface area contributed by atoms with Crippen LogP contribution in [0.5, 0.6) is 0 Å². The molecule has 1 unspecified atom stereocenters. The molecule has 0 aliphatic rings. The number of alkyl halides is 3. The molecule has 1 aromatic rings. The number of carbonyl (C=O) groups excluding carboxylic acids is 1. The molecule has 0 spiro atoms. The Kier molecular flexibility index (Phi) is 4.61. The first-order valence-corrected chi connectivity index (χ1v) is 5.91. The zero-order valence-electron chi connectivity index (χ0n) is 9.51. The summed E-state index contributed by atoms with van der Waals surface area (Å²) in [5.74, 6) is -0.620. The molecule has 1 amide bonds. The summed E-state index contributed by atoms with van der Waals surface area (Å²) in [6, 6.07) is 3.61. The summed E-state index contributed by atoms with van der Waals surface area (Å²) in [4.78, 5) is 11.7. The first-order chi connectivity index (χ1) is 8.19. The predicted molar refractivity (Wildman–Crippen MR) is 66.2 cm³/mol. The van der Waals surface area contributed by atoms with Gasteiger partial charge in [0.1, 0.15) is 0 Å². The Morgan fingerprint density at radius 1 is 1.50 bits per heavy atom. The van der Waals surface area contributed by atoms with Crippen molar-refractivity contribution in [2.45, 2.75) is 25.6 Å². The highest BCUT2D eigenvalue weighted by Gasteiger charge is 2.30. The Morgan fingerprint density at radius 3 is 2.67 bits per heavy atom. The number of nitrogen functional groups attached to an aromatic ring is 1. The van der Waals surface area contributed by atoms with Crippen LogP contribution in [-0.2, 0) is 0 Å². The highest BCUT2D eigenvalue weighted by atomic mass is 79.9. The van der Waals surface area contributed by atoms with E-state index in [0.29, 0.717) is 4.47 Å². The molecule has 0 heterocycles. The summed E-state index contributed by atoms with van der Waals surface area (Å²) in [6.07, 6.45) is -5.39. The molecule has 0 aromatic heterocycles. The summed E-state index contributed by atoms with van der Waals surface area (Å²) in [7, 11) is 0. The van der Waals surface area contributed by atoms with Crippen LogP contribution in [0.2, 0.25) is 0 Å². The predicted octanol–water partition coefficient (Wildman–Crippen LogP) is 3.10. The topological polar surface area (TPSA) is 55.1 Å². The van der Waals surface area contributed by atoms with Crippen molar-refractivity contribution in [2.24, 2.45) is 0 Å². The van der Waals surface area contributed by atoms with E-state index in [4.69, 9.17) is 5.73 Å². The van der Waals surface area contributed by atoms with Crippen LogP contribution >= 0.6 is 15.9 Å². The van der Waals surface area contributed by atoms with Crippen LogP contribution in [0.3, 0.4) is 0 Å². The van der Waals surface area contributed by atoms with Gasteiger partial charge in [-0.25, -0.2) is 0 Å². The maximum Gasteiger partial charge on any atom is 0.391 e. The number of nitrogens with one attached hydrogen (secondary N) is 1. The standard InChI is InChI=1S/C11H12BrF3N2O/c1-6(5-11(13,14)15)17-10(18)8-4-7(12)2-3-9(8)16/h2-4,6H,5,16H2,1H3,(H,17,18). The van der Waals surface area contributed by atoms with Gasteiger partial charge in [-0.05, 0) is 25.1 Å². The summed E-state index contributed by atoms with van der Waals surface area (Å²) in [5.41, 5.74) is 5.96. The molecular weight excluding hydrogens is 313 g/mol. The number of rotatable bonds is 3. The highest BCUT2D eigenvalue weighted by molar-refractivity contribution is 9.10. The van der Waals surface area contributed by atoms with E-state index >= 15 is 0 Å². The van der Waals surface area contributed by atoms with Crippen LogP contribution in [0.15, 0.2) is 22.7 Å². The second kappa shape index (κ2) is 5.60. The number of halogens is 4. The normalized spacial score (nSPS) is 13.2. The van der Waals surface area contributed by atoms with Gasteiger partial charge < -0.3 is 11.1 Å². The van der Waals surface area contributed by atoms with E-state index in [1.54, 1.807) is 6.07 Å². The number of anilines is 1. The monoisotopic (exact) mass is 324 g/mol. The number of carbonyl (C=O) groups is 1. The molecule has 1 rings (SSSR count). The van der Waals surface area contributed by atoms with Crippen molar-refractivity contribution in [3.05, 3.63) is 28.2 Å². The molecule has 0 bridgehead atoms. The fraction of sp³-hybridized carbons (Fsp3) is 0.364. The number of hydrogen-bond acceptors (Lipinski definition) is 2. The van der Waals surface area contributed by atoms with Crippen LogP contribution in [0.4, 0.5) is 18.9 Å². The maximum absolute atomic E-state index is 12.1. The molecule has 0 saturated carbocycles. The third kappa shape index (κ3) is 4.56. The summed E-state index contributed by atoms with van der Waals surface area (Å²) < 4.78 is 37.0.